The summed E-state index contributed by atoms with van der Waals surface area (Å²) >= 11 is 0. The van der Waals surface area contributed by atoms with Gasteiger partial charge >= 0.3 is 12.3 Å². The second kappa shape index (κ2) is 4.08. The molecule has 0 saturated heterocycles. The number of fused-ring (bicyclic) bond motifs is 1. The first-order valence-electron chi connectivity index (χ1n) is 5.03. The molecule has 0 spiro atoms. The van der Waals surface area contributed by atoms with Crippen LogP contribution in [0.5, 0.6) is 0 Å². The zero-order valence-corrected chi connectivity index (χ0v) is 9.29. The fourth-order valence-electron chi connectivity index (χ4n) is 1.57. The molecular formula is C11H9F4N3. The van der Waals surface area contributed by atoms with Gasteiger partial charge in [-0.2, -0.15) is 8.78 Å². The van der Waals surface area contributed by atoms with Crippen molar-refractivity contribution in [2.45, 2.75) is 19.3 Å². The lowest BCUT2D eigenvalue weighted by molar-refractivity contribution is -0.140. The van der Waals surface area contributed by atoms with E-state index in [0.717, 1.165) is 0 Å². The number of halogens is 4. The van der Waals surface area contributed by atoms with Crippen molar-refractivity contribution >= 4 is 16.7 Å². The van der Waals surface area contributed by atoms with E-state index in [1.165, 1.54) is 0 Å². The van der Waals surface area contributed by atoms with Crippen LogP contribution in [0.2, 0.25) is 0 Å². The van der Waals surface area contributed by atoms with Gasteiger partial charge in [-0.25, -0.2) is 18.7 Å². The molecule has 0 aliphatic rings. The Morgan fingerprint density at radius 1 is 1.22 bits per heavy atom. The van der Waals surface area contributed by atoms with E-state index in [1.54, 1.807) is 25.1 Å². The average Bonchev–Trinajstić information content (AvgIpc) is 2.30. The topological polar surface area (TPSA) is 51.8 Å². The van der Waals surface area contributed by atoms with Crippen molar-refractivity contribution in [2.24, 2.45) is 0 Å². The lowest BCUT2D eigenvalue weighted by Gasteiger charge is -2.15. The van der Waals surface area contributed by atoms with E-state index in [2.05, 4.69) is 9.97 Å². The first-order chi connectivity index (χ1) is 8.34. The van der Waals surface area contributed by atoms with Crippen molar-refractivity contribution in [1.29, 1.82) is 0 Å². The molecule has 0 amide bonds. The van der Waals surface area contributed by atoms with E-state index in [4.69, 9.17) is 5.73 Å². The highest BCUT2D eigenvalue weighted by atomic mass is 19.3. The van der Waals surface area contributed by atoms with Crippen LogP contribution in [0.3, 0.4) is 0 Å². The zero-order valence-electron chi connectivity index (χ0n) is 9.29. The maximum Gasteiger partial charge on any atom is 0.365 e. The summed E-state index contributed by atoms with van der Waals surface area (Å²) in [5.41, 5.74) is 6.21. The average molecular weight is 259 g/mol. The Bertz CT molecular complexity index is 598. The van der Waals surface area contributed by atoms with Crippen molar-refractivity contribution < 1.29 is 17.6 Å². The van der Waals surface area contributed by atoms with Gasteiger partial charge in [-0.1, -0.05) is 12.1 Å². The minimum atomic E-state index is -4.41. The molecule has 0 unspecified atom stereocenters. The summed E-state index contributed by atoms with van der Waals surface area (Å²) in [5.74, 6) is -5.90. The monoisotopic (exact) mass is 259 g/mol. The number of nitrogen functional groups attached to an aromatic ring is 1. The Balaban J connectivity index is 2.73. The van der Waals surface area contributed by atoms with Gasteiger partial charge in [0.1, 0.15) is 5.82 Å². The standard InChI is InChI=1S/C11H9F4N3/c1-5-3-2-4-6-7(5)17-10(18-8(6)16)11(14,15)9(12)13/h2-4,9H,1H3,(H2,16,17,18). The fraction of sp³-hybridized carbons (Fsp3) is 0.273. The maximum absolute atomic E-state index is 13.2. The number of hydrogen-bond acceptors (Lipinski definition) is 3. The third kappa shape index (κ3) is 1.85. The Morgan fingerprint density at radius 3 is 2.50 bits per heavy atom. The highest BCUT2D eigenvalue weighted by Crippen LogP contribution is 2.34. The van der Waals surface area contributed by atoms with E-state index in [-0.39, 0.29) is 11.3 Å². The van der Waals surface area contributed by atoms with Gasteiger partial charge in [0.05, 0.1) is 5.52 Å². The largest absolute Gasteiger partial charge is 0.383 e. The highest BCUT2D eigenvalue weighted by Gasteiger charge is 2.46. The molecule has 0 bridgehead atoms. The summed E-state index contributed by atoms with van der Waals surface area (Å²) in [5, 5.41) is 0.365. The lowest BCUT2D eigenvalue weighted by atomic mass is 10.1. The summed E-state index contributed by atoms with van der Waals surface area (Å²) < 4.78 is 50.9. The predicted molar refractivity (Wildman–Crippen MR) is 58.6 cm³/mol. The Hall–Kier alpha value is -1.92. The predicted octanol–water partition coefficient (Wildman–Crippen LogP) is 2.88. The number of nitrogens with two attached hydrogens (primary N) is 1. The van der Waals surface area contributed by atoms with Crippen molar-refractivity contribution in [1.82, 2.24) is 9.97 Å². The number of rotatable bonds is 2. The molecular weight excluding hydrogens is 250 g/mol. The number of alkyl halides is 4. The van der Waals surface area contributed by atoms with Gasteiger partial charge in [0, 0.05) is 5.39 Å². The number of nitrogens with zero attached hydrogens (tertiary/aromatic N) is 2. The van der Waals surface area contributed by atoms with E-state index in [1.807, 2.05) is 0 Å². The number of aromatic nitrogens is 2. The van der Waals surface area contributed by atoms with Crippen LogP contribution in [0.25, 0.3) is 10.9 Å². The Labute approximate surface area is 99.6 Å². The lowest BCUT2D eigenvalue weighted by Crippen LogP contribution is -2.27. The molecule has 1 heterocycles. The number of aryl methyl sites for hydroxylation is 1. The van der Waals surface area contributed by atoms with Crippen molar-refractivity contribution in [2.75, 3.05) is 5.73 Å². The second-order valence-corrected chi connectivity index (χ2v) is 3.83. The smallest absolute Gasteiger partial charge is 0.365 e. The van der Waals surface area contributed by atoms with Crippen molar-refractivity contribution in [3.63, 3.8) is 0 Å². The molecule has 1 aromatic heterocycles. The zero-order chi connectivity index (χ0) is 13.5. The third-order valence-electron chi connectivity index (χ3n) is 2.53. The molecule has 0 fully saturated rings. The van der Waals surface area contributed by atoms with Crippen molar-refractivity contribution in [3.8, 4) is 0 Å². The number of para-hydroxylation sites is 1. The van der Waals surface area contributed by atoms with Crippen LogP contribution in [0.1, 0.15) is 11.4 Å². The van der Waals surface area contributed by atoms with Gasteiger partial charge in [-0.05, 0) is 18.6 Å². The molecule has 0 aliphatic heterocycles. The molecule has 3 nitrogen and oxygen atoms in total. The van der Waals surface area contributed by atoms with Gasteiger partial charge in [0.25, 0.3) is 0 Å². The number of benzene rings is 1. The minimum absolute atomic E-state index is 0.153. The molecule has 0 aliphatic carbocycles. The molecule has 7 heteroatoms. The Kier molecular flexibility index (Phi) is 2.84. The van der Waals surface area contributed by atoms with Crippen LogP contribution in [0.15, 0.2) is 18.2 Å². The van der Waals surface area contributed by atoms with E-state index < -0.39 is 18.2 Å². The fourth-order valence-corrected chi connectivity index (χ4v) is 1.57. The van der Waals surface area contributed by atoms with E-state index in [9.17, 15) is 17.6 Å². The van der Waals surface area contributed by atoms with Gasteiger partial charge in [-0.3, -0.25) is 0 Å². The first-order valence-corrected chi connectivity index (χ1v) is 5.03. The van der Waals surface area contributed by atoms with Crippen molar-refractivity contribution in [3.05, 3.63) is 29.6 Å². The summed E-state index contributed by atoms with van der Waals surface area (Å²) in [6, 6.07) is 4.82. The van der Waals surface area contributed by atoms with Crippen LogP contribution in [-0.2, 0) is 5.92 Å². The second-order valence-electron chi connectivity index (χ2n) is 3.83. The summed E-state index contributed by atoms with van der Waals surface area (Å²) in [4.78, 5) is 6.78. The molecule has 2 N–H and O–H groups in total. The molecule has 0 saturated carbocycles. The van der Waals surface area contributed by atoms with E-state index >= 15 is 0 Å². The van der Waals surface area contributed by atoms with Gasteiger partial charge < -0.3 is 5.73 Å². The molecule has 0 radical (unpaired) electrons. The van der Waals surface area contributed by atoms with Crippen LogP contribution >= 0.6 is 0 Å². The molecule has 2 aromatic rings. The van der Waals surface area contributed by atoms with Gasteiger partial charge in [0.2, 0.25) is 5.82 Å². The molecule has 96 valence electrons. The highest BCUT2D eigenvalue weighted by molar-refractivity contribution is 5.90. The number of anilines is 1. The third-order valence-corrected chi connectivity index (χ3v) is 2.53. The molecule has 1 aromatic carbocycles. The maximum atomic E-state index is 13.2. The number of hydrogen-bond donors (Lipinski definition) is 1. The van der Waals surface area contributed by atoms with Crippen LogP contribution in [-0.4, -0.2) is 16.4 Å². The summed E-state index contributed by atoms with van der Waals surface area (Å²) in [6.07, 6.45) is -3.88. The SMILES string of the molecule is Cc1cccc2c(N)nc(C(F)(F)C(F)F)nc12. The van der Waals surface area contributed by atoms with Gasteiger partial charge in [0.15, 0.2) is 0 Å². The molecule has 2 rings (SSSR count). The minimum Gasteiger partial charge on any atom is -0.383 e. The summed E-state index contributed by atoms with van der Waals surface area (Å²) in [7, 11) is 0. The van der Waals surface area contributed by atoms with Crippen LogP contribution in [0.4, 0.5) is 23.4 Å². The molecule has 18 heavy (non-hydrogen) atoms. The van der Waals surface area contributed by atoms with Crippen LogP contribution < -0.4 is 5.73 Å². The van der Waals surface area contributed by atoms with E-state index in [0.29, 0.717) is 10.9 Å². The molecule has 0 atom stereocenters. The summed E-state index contributed by atoms with van der Waals surface area (Å²) in [6.45, 7) is 1.62. The normalized spacial score (nSPS) is 12.3. The van der Waals surface area contributed by atoms with Gasteiger partial charge in [-0.15, -0.1) is 0 Å². The Morgan fingerprint density at radius 2 is 1.89 bits per heavy atom. The quantitative estimate of drug-likeness (QED) is 0.844. The first kappa shape index (κ1) is 12.5. The van der Waals surface area contributed by atoms with Crippen LogP contribution in [0, 0.1) is 6.92 Å².